The fraction of sp³-hybridized carbons (Fsp3) is 0.278. The second kappa shape index (κ2) is 9.19. The molecule has 0 bridgehead atoms. The maximum Gasteiger partial charge on any atom is 0.248 e. The largest absolute Gasteiger partial charge is 0.323 e. The maximum atomic E-state index is 12.8. The van der Waals surface area contributed by atoms with Crippen LogP contribution in [0.2, 0.25) is 10.0 Å². The Morgan fingerprint density at radius 1 is 1.19 bits per heavy atom. The molecule has 9 heteroatoms. The number of thioether (sulfide) groups is 1. The highest BCUT2D eigenvalue weighted by Crippen LogP contribution is 2.30. The topological polar surface area (TPSA) is 66.5 Å². The number of carbonyl (C=O) groups excluding carboxylic acids is 1. The maximum absolute atomic E-state index is 12.8. The lowest BCUT2D eigenvalue weighted by Gasteiger charge is -2.28. The summed E-state index contributed by atoms with van der Waals surface area (Å²) in [7, 11) is -3.76. The molecule has 0 aliphatic rings. The predicted octanol–water partition coefficient (Wildman–Crippen LogP) is 4.90. The van der Waals surface area contributed by atoms with Gasteiger partial charge in [-0.05, 0) is 43.0 Å². The van der Waals surface area contributed by atoms with Gasteiger partial charge in [0, 0.05) is 14.9 Å². The molecule has 0 radical (unpaired) electrons. The molecule has 2 aromatic rings. The number of halogens is 2. The molecule has 1 amide bonds. The van der Waals surface area contributed by atoms with Crippen LogP contribution in [0.1, 0.15) is 13.8 Å². The fourth-order valence-electron chi connectivity index (χ4n) is 2.56. The first-order valence-electron chi connectivity index (χ1n) is 8.11. The van der Waals surface area contributed by atoms with Crippen LogP contribution in [-0.4, -0.2) is 32.4 Å². The number of amides is 1. The van der Waals surface area contributed by atoms with Gasteiger partial charge in [0.25, 0.3) is 0 Å². The SMILES string of the molecule is CCSc1ccccc1NC(=O)[C@@H](C)N(c1cc(Cl)cc(Cl)c1)S(C)(=O)=O. The minimum Gasteiger partial charge on any atom is -0.323 e. The van der Waals surface area contributed by atoms with Gasteiger partial charge in [-0.1, -0.05) is 42.3 Å². The Labute approximate surface area is 174 Å². The Hall–Kier alpha value is -1.41. The Morgan fingerprint density at radius 2 is 1.78 bits per heavy atom. The lowest BCUT2D eigenvalue weighted by molar-refractivity contribution is -0.116. The van der Waals surface area contributed by atoms with Gasteiger partial charge in [0.15, 0.2) is 0 Å². The van der Waals surface area contributed by atoms with Crippen LogP contribution in [0.4, 0.5) is 11.4 Å². The molecule has 2 aromatic carbocycles. The number of nitrogens with one attached hydrogen (secondary N) is 1. The third kappa shape index (κ3) is 5.78. The highest BCUT2D eigenvalue weighted by atomic mass is 35.5. The monoisotopic (exact) mass is 446 g/mol. The first-order valence-corrected chi connectivity index (χ1v) is 11.7. The summed E-state index contributed by atoms with van der Waals surface area (Å²) in [5.41, 5.74) is 0.868. The lowest BCUT2D eigenvalue weighted by atomic mass is 10.2. The van der Waals surface area contributed by atoms with Crippen molar-refractivity contribution in [2.45, 2.75) is 24.8 Å². The minimum atomic E-state index is -3.76. The van der Waals surface area contributed by atoms with Crippen LogP contribution in [0, 0.1) is 0 Å². The summed E-state index contributed by atoms with van der Waals surface area (Å²) < 4.78 is 25.8. The van der Waals surface area contributed by atoms with Gasteiger partial charge in [0.1, 0.15) is 6.04 Å². The molecule has 0 fully saturated rings. The second-order valence-corrected chi connectivity index (χ2v) is 9.82. The molecule has 2 rings (SSSR count). The van der Waals surface area contributed by atoms with Crippen molar-refractivity contribution in [2.75, 3.05) is 21.6 Å². The van der Waals surface area contributed by atoms with E-state index in [4.69, 9.17) is 23.2 Å². The van der Waals surface area contributed by atoms with E-state index in [9.17, 15) is 13.2 Å². The molecular formula is C18H20Cl2N2O3S2. The van der Waals surface area contributed by atoms with E-state index in [0.29, 0.717) is 5.69 Å². The van der Waals surface area contributed by atoms with E-state index in [1.54, 1.807) is 17.8 Å². The number of rotatable bonds is 7. The van der Waals surface area contributed by atoms with Crippen LogP contribution >= 0.6 is 35.0 Å². The van der Waals surface area contributed by atoms with Gasteiger partial charge in [-0.25, -0.2) is 8.42 Å². The fourth-order valence-corrected chi connectivity index (χ4v) is 5.00. The third-order valence-electron chi connectivity index (χ3n) is 3.64. The van der Waals surface area contributed by atoms with Gasteiger partial charge >= 0.3 is 0 Å². The second-order valence-electron chi connectivity index (χ2n) is 5.78. The minimum absolute atomic E-state index is 0.230. The van der Waals surface area contributed by atoms with Crippen molar-refractivity contribution < 1.29 is 13.2 Å². The summed E-state index contributed by atoms with van der Waals surface area (Å²) in [4.78, 5) is 13.7. The summed E-state index contributed by atoms with van der Waals surface area (Å²) in [5.74, 6) is 0.388. The van der Waals surface area contributed by atoms with Crippen LogP contribution in [0.25, 0.3) is 0 Å². The van der Waals surface area contributed by atoms with E-state index in [1.165, 1.54) is 25.1 Å². The number of carbonyl (C=O) groups is 1. The van der Waals surface area contributed by atoms with Crippen LogP contribution in [0.15, 0.2) is 47.4 Å². The molecule has 1 N–H and O–H groups in total. The van der Waals surface area contributed by atoms with E-state index in [2.05, 4.69) is 5.32 Å². The number of sulfonamides is 1. The zero-order valence-electron chi connectivity index (χ0n) is 15.1. The molecule has 0 unspecified atom stereocenters. The van der Waals surface area contributed by atoms with E-state index in [0.717, 1.165) is 21.2 Å². The van der Waals surface area contributed by atoms with Gasteiger partial charge in [-0.2, -0.15) is 0 Å². The van der Waals surface area contributed by atoms with Gasteiger partial charge in [-0.3, -0.25) is 9.10 Å². The number of hydrogen-bond acceptors (Lipinski definition) is 4. The van der Waals surface area contributed by atoms with Gasteiger partial charge < -0.3 is 5.32 Å². The van der Waals surface area contributed by atoms with Crippen molar-refractivity contribution in [1.82, 2.24) is 0 Å². The Morgan fingerprint density at radius 3 is 2.33 bits per heavy atom. The van der Waals surface area contributed by atoms with E-state index < -0.39 is 22.0 Å². The van der Waals surface area contributed by atoms with Crippen molar-refractivity contribution in [1.29, 1.82) is 0 Å². The Balaban J connectivity index is 2.36. The van der Waals surface area contributed by atoms with E-state index >= 15 is 0 Å². The Kier molecular flexibility index (Phi) is 7.45. The van der Waals surface area contributed by atoms with Gasteiger partial charge in [0.2, 0.25) is 15.9 Å². The highest BCUT2D eigenvalue weighted by molar-refractivity contribution is 7.99. The van der Waals surface area contributed by atoms with E-state index in [-0.39, 0.29) is 15.7 Å². The number of benzene rings is 2. The van der Waals surface area contributed by atoms with Crippen molar-refractivity contribution in [2.24, 2.45) is 0 Å². The molecule has 0 saturated heterocycles. The molecule has 0 aliphatic carbocycles. The summed E-state index contributed by atoms with van der Waals surface area (Å²) >= 11 is 13.6. The van der Waals surface area contributed by atoms with Crippen LogP contribution < -0.4 is 9.62 Å². The first kappa shape index (κ1) is 21.9. The van der Waals surface area contributed by atoms with Crippen molar-refractivity contribution >= 4 is 62.3 Å². The average Bonchev–Trinajstić information content (AvgIpc) is 2.54. The van der Waals surface area contributed by atoms with Gasteiger partial charge in [0.05, 0.1) is 17.6 Å². The molecule has 0 aromatic heterocycles. The zero-order chi connectivity index (χ0) is 20.2. The predicted molar refractivity (Wildman–Crippen MR) is 115 cm³/mol. The molecule has 0 saturated carbocycles. The molecule has 27 heavy (non-hydrogen) atoms. The molecule has 5 nitrogen and oxygen atoms in total. The highest BCUT2D eigenvalue weighted by Gasteiger charge is 2.30. The van der Waals surface area contributed by atoms with Crippen molar-refractivity contribution in [3.05, 3.63) is 52.5 Å². The summed E-state index contributed by atoms with van der Waals surface area (Å²) in [6.07, 6.45) is 1.03. The first-order chi connectivity index (χ1) is 12.6. The number of anilines is 2. The molecular weight excluding hydrogens is 427 g/mol. The summed E-state index contributed by atoms with van der Waals surface area (Å²) in [5, 5.41) is 3.38. The van der Waals surface area contributed by atoms with Crippen molar-refractivity contribution in [3.8, 4) is 0 Å². The van der Waals surface area contributed by atoms with Crippen molar-refractivity contribution in [3.63, 3.8) is 0 Å². The molecule has 146 valence electrons. The molecule has 0 spiro atoms. The molecule has 1 atom stereocenters. The third-order valence-corrected chi connectivity index (χ3v) is 6.27. The normalized spacial score (nSPS) is 12.5. The lowest BCUT2D eigenvalue weighted by Crippen LogP contribution is -2.45. The summed E-state index contributed by atoms with van der Waals surface area (Å²) in [6, 6.07) is 10.8. The standard InChI is InChI=1S/C18H20Cl2N2O3S2/c1-4-26-17-8-6-5-7-16(17)21-18(23)12(2)22(27(3,24)25)15-10-13(19)9-14(20)11-15/h5-12H,4H2,1-3H3,(H,21,23)/t12-/m1/s1. The molecule has 0 aliphatic heterocycles. The van der Waals surface area contributed by atoms with Crippen LogP contribution in [-0.2, 0) is 14.8 Å². The average molecular weight is 447 g/mol. The van der Waals surface area contributed by atoms with Crippen LogP contribution in [0.3, 0.4) is 0 Å². The molecule has 0 heterocycles. The number of hydrogen-bond donors (Lipinski definition) is 1. The van der Waals surface area contributed by atoms with Crippen LogP contribution in [0.5, 0.6) is 0 Å². The zero-order valence-corrected chi connectivity index (χ0v) is 18.2. The van der Waals surface area contributed by atoms with E-state index in [1.807, 2.05) is 25.1 Å². The number of nitrogens with zero attached hydrogens (tertiary/aromatic N) is 1. The number of para-hydroxylation sites is 1. The summed E-state index contributed by atoms with van der Waals surface area (Å²) in [6.45, 7) is 3.53. The van der Waals surface area contributed by atoms with Gasteiger partial charge in [-0.15, -0.1) is 11.8 Å². The quantitative estimate of drug-likeness (QED) is 0.614. The smallest absolute Gasteiger partial charge is 0.248 e. The Bertz CT molecular complexity index is 916.